The topological polar surface area (TPSA) is 108 Å². The lowest BCUT2D eigenvalue weighted by Gasteiger charge is -2.23. The number of benzene rings is 2. The van der Waals surface area contributed by atoms with Gasteiger partial charge in [-0.3, -0.25) is 19.1 Å². The maximum Gasteiger partial charge on any atom is 0.436 e. The van der Waals surface area contributed by atoms with Gasteiger partial charge in [-0.25, -0.2) is 14.1 Å². The molecule has 1 aliphatic rings. The summed E-state index contributed by atoms with van der Waals surface area (Å²) in [5, 5.41) is 10.00. The van der Waals surface area contributed by atoms with Gasteiger partial charge in [0.2, 0.25) is 5.91 Å². The van der Waals surface area contributed by atoms with E-state index in [2.05, 4.69) is 25.6 Å². The number of anilines is 1. The normalized spacial score (nSPS) is 17.2. The van der Waals surface area contributed by atoms with Crippen LogP contribution in [-0.2, 0) is 11.0 Å². The summed E-state index contributed by atoms with van der Waals surface area (Å²) in [6.45, 7) is 1.80. The highest BCUT2D eigenvalue weighted by Gasteiger charge is 2.35. The maximum atomic E-state index is 14.3. The summed E-state index contributed by atoms with van der Waals surface area (Å²) in [5.74, 6) is -1.04. The van der Waals surface area contributed by atoms with Crippen molar-refractivity contribution in [2.45, 2.75) is 38.4 Å². The smallest absolute Gasteiger partial charge is 0.325 e. The summed E-state index contributed by atoms with van der Waals surface area (Å²) in [6.07, 6.45) is 0.473. The first-order chi connectivity index (χ1) is 21.5. The molecule has 1 aliphatic heterocycles. The van der Waals surface area contributed by atoms with Crippen molar-refractivity contribution in [3.8, 4) is 28.1 Å². The molecule has 0 spiro atoms. The van der Waals surface area contributed by atoms with Crippen molar-refractivity contribution in [3.05, 3.63) is 106 Å². The van der Waals surface area contributed by atoms with E-state index in [1.54, 1.807) is 25.3 Å². The second-order valence-electron chi connectivity index (χ2n) is 10.7. The van der Waals surface area contributed by atoms with Gasteiger partial charge >= 0.3 is 6.18 Å². The number of pyridine rings is 1. The Kier molecular flexibility index (Phi) is 7.96. The second kappa shape index (κ2) is 11.9. The Balaban J connectivity index is 1.42. The minimum atomic E-state index is -4.69. The van der Waals surface area contributed by atoms with Crippen molar-refractivity contribution in [2.75, 3.05) is 5.32 Å². The van der Waals surface area contributed by atoms with Crippen LogP contribution in [0.5, 0.6) is 0 Å². The van der Waals surface area contributed by atoms with Gasteiger partial charge in [0.25, 0.3) is 5.56 Å². The van der Waals surface area contributed by atoms with Crippen molar-refractivity contribution in [3.63, 3.8) is 0 Å². The van der Waals surface area contributed by atoms with Gasteiger partial charge in [0.15, 0.2) is 5.69 Å². The molecule has 1 N–H and O–H groups in total. The van der Waals surface area contributed by atoms with Crippen LogP contribution in [0.1, 0.15) is 43.6 Å². The van der Waals surface area contributed by atoms with Crippen molar-refractivity contribution in [1.29, 1.82) is 0 Å². The highest BCUT2D eigenvalue weighted by molar-refractivity contribution is 6.31. The van der Waals surface area contributed by atoms with E-state index >= 15 is 0 Å². The number of nitrogens with zero attached hydrogens (tertiary/aromatic N) is 6. The van der Waals surface area contributed by atoms with Gasteiger partial charge in [-0.15, -0.1) is 5.10 Å². The van der Waals surface area contributed by atoms with Gasteiger partial charge in [0.05, 0.1) is 35.6 Å². The van der Waals surface area contributed by atoms with Crippen LogP contribution < -0.4 is 10.9 Å². The number of amides is 1. The minimum Gasteiger partial charge on any atom is -0.325 e. The third-order valence-corrected chi connectivity index (χ3v) is 7.91. The van der Waals surface area contributed by atoms with Crippen molar-refractivity contribution < 1.29 is 22.4 Å². The number of halogens is 5. The Labute approximate surface area is 258 Å². The summed E-state index contributed by atoms with van der Waals surface area (Å²) in [4.78, 5) is 35.6. The Morgan fingerprint density at radius 2 is 1.80 bits per heavy atom. The lowest BCUT2D eigenvalue weighted by molar-refractivity contribution is -0.141. The highest BCUT2D eigenvalue weighted by atomic mass is 35.5. The fourth-order valence-corrected chi connectivity index (χ4v) is 5.48. The van der Waals surface area contributed by atoms with E-state index in [0.29, 0.717) is 41.8 Å². The van der Waals surface area contributed by atoms with E-state index in [1.165, 1.54) is 53.4 Å². The molecule has 0 unspecified atom stereocenters. The quantitative estimate of drug-likeness (QED) is 0.220. The molecule has 2 bridgehead atoms. The molecule has 230 valence electrons. The van der Waals surface area contributed by atoms with Gasteiger partial charge in [0.1, 0.15) is 5.82 Å². The third-order valence-electron chi connectivity index (χ3n) is 7.67. The number of carbonyl (C=O) groups is 1. The fourth-order valence-electron chi connectivity index (χ4n) is 5.31. The van der Waals surface area contributed by atoms with Gasteiger partial charge in [-0.05, 0) is 66.9 Å². The van der Waals surface area contributed by atoms with Crippen LogP contribution in [0.3, 0.4) is 0 Å². The predicted octanol–water partition coefficient (Wildman–Crippen LogP) is 6.71. The number of aromatic nitrogens is 6. The standard InChI is InChI=1S/C31H24ClF4N7O2/c1-17-3-2-4-27(25-11-18(9-10-37-25)21-13-20(33)6-7-23(21)39-30(17)45)42-16-38-24(14-29(42)44)22-12-19(32)5-8-26(22)43-15-28(40-41-43)31(34,35)36/h5-17,27H,2-4H2,1H3,(H,39,45)/t17-,27+/m1/s1. The molecule has 9 nitrogen and oxygen atoms in total. The number of alkyl halides is 3. The predicted molar refractivity (Wildman–Crippen MR) is 158 cm³/mol. The van der Waals surface area contributed by atoms with Crippen LogP contribution in [0.15, 0.2) is 78.1 Å². The fraction of sp³-hybridized carbons (Fsp3) is 0.226. The van der Waals surface area contributed by atoms with Crippen LogP contribution in [0, 0.1) is 11.7 Å². The summed E-state index contributed by atoms with van der Waals surface area (Å²) >= 11 is 6.22. The van der Waals surface area contributed by atoms with E-state index in [1.807, 2.05) is 0 Å². The Bertz CT molecular complexity index is 1970. The highest BCUT2D eigenvalue weighted by Crippen LogP contribution is 2.34. The number of carbonyl (C=O) groups excluding carboxylic acids is 1. The van der Waals surface area contributed by atoms with E-state index in [9.17, 15) is 27.2 Å². The van der Waals surface area contributed by atoms with Crippen molar-refractivity contribution in [2.24, 2.45) is 5.92 Å². The first kappa shape index (κ1) is 30.1. The molecule has 1 amide bonds. The molecular formula is C31H24ClF4N7O2. The zero-order valence-corrected chi connectivity index (χ0v) is 24.3. The van der Waals surface area contributed by atoms with Gasteiger partial charge in [-0.2, -0.15) is 13.2 Å². The van der Waals surface area contributed by atoms with E-state index in [-0.39, 0.29) is 33.8 Å². The van der Waals surface area contributed by atoms with E-state index in [4.69, 9.17) is 11.6 Å². The SMILES string of the molecule is C[C@@H]1CCC[C@H](n2cnc(-c3cc(Cl)ccc3-n3cc(C(F)(F)F)nn3)cc2=O)c2cc(ccn2)-c2cc(F)ccc2NC1=O. The Morgan fingerprint density at radius 1 is 0.978 bits per heavy atom. The second-order valence-corrected chi connectivity index (χ2v) is 11.2. The molecule has 2 aromatic carbocycles. The summed E-state index contributed by atoms with van der Waals surface area (Å²) in [7, 11) is 0. The first-order valence-corrected chi connectivity index (χ1v) is 14.3. The van der Waals surface area contributed by atoms with Gasteiger partial charge in [-0.1, -0.05) is 30.2 Å². The molecular weight excluding hydrogens is 614 g/mol. The molecule has 14 heteroatoms. The van der Waals surface area contributed by atoms with Crippen LogP contribution in [0.2, 0.25) is 5.02 Å². The summed E-state index contributed by atoms with van der Waals surface area (Å²) in [5.41, 5.74) is 1.02. The van der Waals surface area contributed by atoms with E-state index in [0.717, 1.165) is 10.9 Å². The molecule has 5 aromatic rings. The lowest BCUT2D eigenvalue weighted by atomic mass is 9.95. The number of rotatable bonds is 3. The molecule has 0 fully saturated rings. The number of nitrogens with one attached hydrogen (secondary N) is 1. The third kappa shape index (κ3) is 6.21. The van der Waals surface area contributed by atoms with E-state index < -0.39 is 29.3 Å². The molecule has 0 radical (unpaired) electrons. The number of hydrogen-bond donors (Lipinski definition) is 1. The molecule has 45 heavy (non-hydrogen) atoms. The van der Waals surface area contributed by atoms with Crippen LogP contribution >= 0.6 is 11.6 Å². The Hall–Kier alpha value is -4.91. The largest absolute Gasteiger partial charge is 0.436 e. The van der Waals surface area contributed by atoms with Crippen LogP contribution in [-0.4, -0.2) is 35.4 Å². The molecule has 0 saturated carbocycles. The van der Waals surface area contributed by atoms with Crippen molar-refractivity contribution in [1.82, 2.24) is 29.5 Å². The number of hydrogen-bond acceptors (Lipinski definition) is 6. The molecule has 3 aromatic heterocycles. The molecule has 2 atom stereocenters. The molecule has 4 heterocycles. The van der Waals surface area contributed by atoms with Crippen LogP contribution in [0.4, 0.5) is 23.2 Å². The zero-order chi connectivity index (χ0) is 31.9. The number of fused-ring (bicyclic) bond motifs is 4. The minimum absolute atomic E-state index is 0.155. The van der Waals surface area contributed by atoms with Crippen molar-refractivity contribution >= 4 is 23.2 Å². The first-order valence-electron chi connectivity index (χ1n) is 13.9. The Morgan fingerprint density at radius 3 is 2.56 bits per heavy atom. The van der Waals surface area contributed by atoms with Gasteiger partial charge in [0, 0.05) is 40.0 Å². The summed E-state index contributed by atoms with van der Waals surface area (Å²) in [6, 6.07) is 12.6. The molecule has 0 aliphatic carbocycles. The average Bonchev–Trinajstić information content (AvgIpc) is 3.51. The lowest BCUT2D eigenvalue weighted by Crippen LogP contribution is -2.27. The molecule has 0 saturated heterocycles. The van der Waals surface area contributed by atoms with Gasteiger partial charge < -0.3 is 5.32 Å². The molecule has 6 rings (SSSR count). The maximum absolute atomic E-state index is 14.3. The zero-order valence-electron chi connectivity index (χ0n) is 23.6. The monoisotopic (exact) mass is 637 g/mol. The summed E-state index contributed by atoms with van der Waals surface area (Å²) < 4.78 is 56.3. The average molecular weight is 638 g/mol. The van der Waals surface area contributed by atoms with Crippen LogP contribution in [0.25, 0.3) is 28.1 Å².